The number of carboxylic acid groups (broad SMARTS) is 1. The van der Waals surface area contributed by atoms with Gasteiger partial charge in [-0.2, -0.15) is 8.78 Å². The highest BCUT2D eigenvalue weighted by Gasteiger charge is 2.52. The Morgan fingerprint density at radius 3 is 2.35 bits per heavy atom. The number of fused-ring (bicyclic) bond motifs is 1. The monoisotopic (exact) mass is 509 g/mol. The Labute approximate surface area is 212 Å². The molecule has 0 fully saturated rings. The molecule has 7 nitrogen and oxygen atoms in total. The third-order valence-electron chi connectivity index (χ3n) is 6.01. The van der Waals surface area contributed by atoms with Gasteiger partial charge in [0, 0.05) is 24.2 Å². The smallest absolute Gasteiger partial charge is 0.352 e. The number of carboxylic acids is 1. The number of carbonyl (C=O) groups is 3. The topological polar surface area (TPSA) is 93.1 Å². The second-order valence-electron chi connectivity index (χ2n) is 8.44. The van der Waals surface area contributed by atoms with Crippen molar-refractivity contribution in [3.8, 4) is 5.75 Å². The molecule has 1 heterocycles. The van der Waals surface area contributed by atoms with Crippen LogP contribution in [0.2, 0.25) is 0 Å². The summed E-state index contributed by atoms with van der Waals surface area (Å²) in [6, 6.07) is 18.8. The maximum Gasteiger partial charge on any atom is 0.352 e. The Morgan fingerprint density at radius 1 is 1.00 bits per heavy atom. The van der Waals surface area contributed by atoms with E-state index < -0.39 is 35.2 Å². The minimum absolute atomic E-state index is 0.0363. The first-order chi connectivity index (χ1) is 17.7. The minimum atomic E-state index is -3.76. The van der Waals surface area contributed by atoms with Crippen molar-refractivity contribution in [2.24, 2.45) is 0 Å². The molecule has 0 saturated carbocycles. The molecule has 0 saturated heterocycles. The largest absolute Gasteiger partial charge is 0.492 e. The lowest BCUT2D eigenvalue weighted by molar-refractivity contribution is -0.150. The molecule has 0 spiro atoms. The predicted molar refractivity (Wildman–Crippen MR) is 131 cm³/mol. The Balaban J connectivity index is 1.42. The van der Waals surface area contributed by atoms with Gasteiger partial charge in [-0.15, -0.1) is 0 Å². The molecule has 3 aromatic carbocycles. The molecule has 1 atom stereocenters. The lowest BCUT2D eigenvalue weighted by atomic mass is 9.99. The number of hydrogen-bond donors (Lipinski definition) is 1. The molecule has 1 aliphatic heterocycles. The molecule has 4 rings (SSSR count). The summed E-state index contributed by atoms with van der Waals surface area (Å²) in [6.07, 6.45) is -0.769. The summed E-state index contributed by atoms with van der Waals surface area (Å²) in [5.41, 5.74) is 0.699. The molecule has 3 aromatic rings. The molecule has 0 aromatic heterocycles. The molecule has 9 heteroatoms. The number of ether oxygens (including phenoxy) is 2. The summed E-state index contributed by atoms with van der Waals surface area (Å²) in [5, 5.41) is 9.21. The van der Waals surface area contributed by atoms with Crippen LogP contribution in [0.5, 0.6) is 5.75 Å². The summed E-state index contributed by atoms with van der Waals surface area (Å²) in [5.74, 6) is -6.15. The molecule has 1 unspecified atom stereocenters. The van der Waals surface area contributed by atoms with Crippen molar-refractivity contribution in [1.82, 2.24) is 0 Å². The first-order valence-electron chi connectivity index (χ1n) is 11.7. The number of ketones is 1. The van der Waals surface area contributed by atoms with Gasteiger partial charge in [0.1, 0.15) is 12.4 Å². The van der Waals surface area contributed by atoms with E-state index in [0.717, 1.165) is 16.5 Å². The molecule has 1 amide bonds. The van der Waals surface area contributed by atoms with Crippen molar-refractivity contribution in [2.45, 2.75) is 25.4 Å². The van der Waals surface area contributed by atoms with Gasteiger partial charge in [-0.25, -0.2) is 4.79 Å². The molecule has 0 radical (unpaired) electrons. The quantitative estimate of drug-likeness (QED) is 0.384. The number of alkyl halides is 2. The lowest BCUT2D eigenvalue weighted by Gasteiger charge is -2.18. The number of carbonyl (C=O) groups excluding carboxylic acids is 2. The van der Waals surface area contributed by atoms with Crippen molar-refractivity contribution in [1.29, 1.82) is 0 Å². The molecular weight excluding hydrogens is 484 g/mol. The van der Waals surface area contributed by atoms with Gasteiger partial charge in [-0.1, -0.05) is 42.5 Å². The van der Waals surface area contributed by atoms with Crippen molar-refractivity contribution < 1.29 is 37.7 Å². The molecule has 1 N–H and O–H groups in total. The summed E-state index contributed by atoms with van der Waals surface area (Å²) in [7, 11) is 0. The van der Waals surface area contributed by atoms with Gasteiger partial charge in [0.15, 0.2) is 11.9 Å². The highest BCUT2D eigenvalue weighted by atomic mass is 19.3. The van der Waals surface area contributed by atoms with E-state index in [1.165, 1.54) is 12.1 Å². The predicted octanol–water partition coefficient (Wildman–Crippen LogP) is 4.47. The fourth-order valence-electron chi connectivity index (χ4n) is 4.15. The normalized spacial score (nSPS) is 14.8. The zero-order chi connectivity index (χ0) is 26.6. The number of hydrogen-bond acceptors (Lipinski definition) is 5. The van der Waals surface area contributed by atoms with Gasteiger partial charge in [0.05, 0.1) is 17.8 Å². The van der Waals surface area contributed by atoms with E-state index >= 15 is 0 Å². The average Bonchev–Trinajstić information content (AvgIpc) is 3.09. The summed E-state index contributed by atoms with van der Waals surface area (Å²) >= 11 is 0. The standard InChI is InChI=1S/C28H25F2NO6/c1-2-36-24(26(33)34)16-18-8-11-21(12-9-18)37-15-14-31-23-13-10-20(17-22(23)28(29,30)27(31)35)25(32)19-6-4-3-5-7-19/h3-13,17,24H,2,14-16H2,1H3,(H,33,34). The SMILES string of the molecule is CCOC(Cc1ccc(OCCN2C(=O)C(F)(F)c3cc(C(=O)c4ccccc4)ccc32)cc1)C(=O)O. The van der Waals surface area contributed by atoms with Crippen LogP contribution in [-0.4, -0.2) is 48.6 Å². The number of anilines is 1. The first-order valence-corrected chi connectivity index (χ1v) is 11.7. The van der Waals surface area contributed by atoms with Crippen LogP contribution < -0.4 is 9.64 Å². The zero-order valence-corrected chi connectivity index (χ0v) is 20.0. The minimum Gasteiger partial charge on any atom is -0.492 e. The summed E-state index contributed by atoms with van der Waals surface area (Å²) < 4.78 is 40.5. The Bertz CT molecular complexity index is 1290. The van der Waals surface area contributed by atoms with E-state index in [9.17, 15) is 28.3 Å². The van der Waals surface area contributed by atoms with Crippen LogP contribution in [-0.2, 0) is 26.7 Å². The van der Waals surface area contributed by atoms with Crippen LogP contribution in [0.25, 0.3) is 0 Å². The number of amides is 1. The number of rotatable bonds is 11. The van der Waals surface area contributed by atoms with Gasteiger partial charge >= 0.3 is 17.8 Å². The van der Waals surface area contributed by atoms with E-state index in [4.69, 9.17) is 9.47 Å². The second kappa shape index (κ2) is 10.9. The average molecular weight is 510 g/mol. The van der Waals surface area contributed by atoms with Gasteiger partial charge < -0.3 is 19.5 Å². The van der Waals surface area contributed by atoms with Crippen molar-refractivity contribution >= 4 is 23.3 Å². The Kier molecular flexibility index (Phi) is 7.63. The van der Waals surface area contributed by atoms with Crippen LogP contribution in [0.4, 0.5) is 14.5 Å². The molecule has 0 aliphatic carbocycles. The van der Waals surface area contributed by atoms with Gasteiger partial charge in [0.25, 0.3) is 0 Å². The maximum atomic E-state index is 14.8. The first kappa shape index (κ1) is 26.0. The maximum absolute atomic E-state index is 14.8. The van der Waals surface area contributed by atoms with Gasteiger partial charge in [0.2, 0.25) is 0 Å². The van der Waals surface area contributed by atoms with Crippen LogP contribution >= 0.6 is 0 Å². The third-order valence-corrected chi connectivity index (χ3v) is 6.01. The van der Waals surface area contributed by atoms with Crippen LogP contribution in [0.15, 0.2) is 72.8 Å². The van der Waals surface area contributed by atoms with Gasteiger partial charge in [-0.3, -0.25) is 9.59 Å². The summed E-state index contributed by atoms with van der Waals surface area (Å²) in [6.45, 7) is 1.82. The molecule has 1 aliphatic rings. The molecular formula is C28H25F2NO6. The van der Waals surface area contributed by atoms with Gasteiger partial charge in [-0.05, 0) is 42.8 Å². The number of halogens is 2. The second-order valence-corrected chi connectivity index (χ2v) is 8.44. The van der Waals surface area contributed by atoms with E-state index in [1.807, 2.05) is 0 Å². The highest BCUT2D eigenvalue weighted by molar-refractivity contribution is 6.11. The molecule has 0 bridgehead atoms. The van der Waals surface area contributed by atoms with Crippen molar-refractivity contribution in [3.05, 3.63) is 95.1 Å². The Hall–Kier alpha value is -4.11. The molecule has 37 heavy (non-hydrogen) atoms. The number of benzene rings is 3. The van der Waals surface area contributed by atoms with Crippen LogP contribution in [0, 0.1) is 0 Å². The molecule has 192 valence electrons. The lowest BCUT2D eigenvalue weighted by Crippen LogP contribution is -2.37. The van der Waals surface area contributed by atoms with Crippen molar-refractivity contribution in [2.75, 3.05) is 24.7 Å². The van der Waals surface area contributed by atoms with E-state index in [2.05, 4.69) is 0 Å². The third kappa shape index (κ3) is 5.51. The highest BCUT2D eigenvalue weighted by Crippen LogP contribution is 2.44. The van der Waals surface area contributed by atoms with E-state index in [0.29, 0.717) is 11.3 Å². The fraction of sp³-hybridized carbons (Fsp3) is 0.250. The Morgan fingerprint density at radius 2 is 1.70 bits per heavy atom. The van der Waals surface area contributed by atoms with E-state index in [-0.39, 0.29) is 37.4 Å². The number of nitrogens with zero attached hydrogens (tertiary/aromatic N) is 1. The summed E-state index contributed by atoms with van der Waals surface area (Å²) in [4.78, 5) is 37.4. The fourth-order valence-corrected chi connectivity index (χ4v) is 4.15. The number of aliphatic carboxylic acids is 1. The van der Waals surface area contributed by atoms with E-state index in [1.54, 1.807) is 61.5 Å². The van der Waals surface area contributed by atoms with Crippen LogP contribution in [0.3, 0.4) is 0 Å². The van der Waals surface area contributed by atoms with Crippen LogP contribution in [0.1, 0.15) is 34.0 Å². The van der Waals surface area contributed by atoms with Crippen molar-refractivity contribution in [3.63, 3.8) is 0 Å². The zero-order valence-electron chi connectivity index (χ0n) is 20.0.